The lowest BCUT2D eigenvalue weighted by molar-refractivity contribution is -0.407. The Kier molecular flexibility index (Phi) is 27.4. The fraction of sp³-hybridized carbons (Fsp3) is 0.979. The zero-order valence-electron chi connectivity index (χ0n) is 44.2. The lowest BCUT2D eigenvalue weighted by Gasteiger charge is -2.51. The number of aliphatic hydroxyl groups excluding tert-OH is 15. The molecule has 5 rings (SSSR count). The highest BCUT2D eigenvalue weighted by atomic mass is 16.8. The molecule has 78 heavy (non-hydrogen) atoms. The zero-order chi connectivity index (χ0) is 57.6. The molecule has 0 aromatic heterocycles. The van der Waals surface area contributed by atoms with Crippen LogP contribution in [0.3, 0.4) is 0 Å². The van der Waals surface area contributed by atoms with Gasteiger partial charge in [-0.05, 0) is 26.2 Å². The Hall–Kier alpha value is -1.69. The maximum absolute atomic E-state index is 11.9. The molecular formula is C47H87N3O28. The molecule has 0 aromatic rings. The van der Waals surface area contributed by atoms with Gasteiger partial charge in [-0.15, -0.1) is 0 Å². The van der Waals surface area contributed by atoms with Crippen molar-refractivity contribution in [2.75, 3.05) is 79.0 Å². The predicted octanol–water partition coefficient (Wildman–Crippen LogP) is -9.80. The number of rotatable bonds is 30. The summed E-state index contributed by atoms with van der Waals surface area (Å²) in [6.07, 6.45) is -45.3. The van der Waals surface area contributed by atoms with Gasteiger partial charge in [-0.2, -0.15) is 0 Å². The molecule has 5 heterocycles. The van der Waals surface area contributed by atoms with Gasteiger partial charge in [0.2, 0.25) is 5.91 Å². The van der Waals surface area contributed by atoms with Gasteiger partial charge < -0.3 is 150 Å². The van der Waals surface area contributed by atoms with Crippen LogP contribution >= 0.6 is 0 Å². The average molecular weight is 1140 g/mol. The van der Waals surface area contributed by atoms with E-state index in [1.807, 2.05) is 0 Å². The van der Waals surface area contributed by atoms with Crippen LogP contribution in [0.1, 0.15) is 47.0 Å². The number of carbonyl (C=O) groups is 1. The lowest BCUT2D eigenvalue weighted by Crippen LogP contribution is -2.69. The molecule has 31 nitrogen and oxygen atoms in total. The van der Waals surface area contributed by atoms with Crippen LogP contribution in [0, 0.1) is 0 Å². The molecule has 31 heteroatoms. The molecule has 5 fully saturated rings. The summed E-state index contributed by atoms with van der Waals surface area (Å²) in [6, 6.07) is 0. The van der Waals surface area contributed by atoms with E-state index in [1.54, 1.807) is 27.7 Å². The molecule has 0 aliphatic carbocycles. The van der Waals surface area contributed by atoms with Gasteiger partial charge in [-0.25, -0.2) is 0 Å². The van der Waals surface area contributed by atoms with Crippen LogP contribution in [0.2, 0.25) is 0 Å². The minimum Gasteiger partial charge on any atom is -0.394 e. The minimum absolute atomic E-state index is 0.0362. The van der Waals surface area contributed by atoms with E-state index in [1.165, 1.54) is 0 Å². The van der Waals surface area contributed by atoms with E-state index in [0.29, 0.717) is 25.9 Å². The van der Waals surface area contributed by atoms with Crippen molar-refractivity contribution in [2.24, 2.45) is 5.73 Å². The summed E-state index contributed by atoms with van der Waals surface area (Å²) in [5, 5.41) is 171. The second kappa shape index (κ2) is 31.8. The number of carbonyl (C=O) groups excluding carboxylic acids is 1. The van der Waals surface area contributed by atoms with E-state index in [4.69, 9.17) is 62.6 Å². The van der Waals surface area contributed by atoms with Gasteiger partial charge in [0, 0.05) is 19.6 Å². The number of aliphatic hydroxyl groups is 15. The Morgan fingerprint density at radius 2 is 0.936 bits per heavy atom. The normalized spacial score (nSPS) is 42.4. The maximum Gasteiger partial charge on any atom is 0.234 e. The molecule has 0 aromatic carbocycles. The van der Waals surface area contributed by atoms with Crippen LogP contribution in [0.4, 0.5) is 0 Å². The summed E-state index contributed by atoms with van der Waals surface area (Å²) in [4.78, 5) is 11.9. The first-order valence-electron chi connectivity index (χ1n) is 26.5. The standard InChI is InChI=1S/C47H87N3O28/c1-5-20(6-2)69-39-32(62)27(57)21(15-51)72-44(39)77-41-34(64)29(59)23(17-53)74-46(41)78-40-33(63)28(58)22(16-52)73-45(40)76-38-31(61)25(19-55)71-43(36(38)66)75-37-30(60)24(18-54)70-42(35(37)65)47(4,7-3)68-13-12-67-11-10-50-26(56)14-49-9-8-48/h20-25,27-46,49,51-55,57-66H,5-19,48H2,1-4H3,(H,50,56)/t21?,22?,23?,24?,25?,27-,28-,29-,30+,31+,32?,33?,34?,35?,36?,37?,38?,39?,40?,41?,42+,43-,44-,45-,46-,47?/m1/s1. The highest BCUT2D eigenvalue weighted by Gasteiger charge is 2.58. The van der Waals surface area contributed by atoms with E-state index >= 15 is 0 Å². The number of hydrogen-bond acceptors (Lipinski definition) is 30. The van der Waals surface area contributed by atoms with Crippen LogP contribution < -0.4 is 16.4 Å². The minimum atomic E-state index is -2.18. The second-order valence-electron chi connectivity index (χ2n) is 20.0. The number of ether oxygens (including phenoxy) is 12. The first kappa shape index (κ1) is 67.1. The Bertz CT molecular complexity index is 1720. The molecule has 0 saturated carbocycles. The Labute approximate surface area is 450 Å². The zero-order valence-corrected chi connectivity index (χ0v) is 44.2. The van der Waals surface area contributed by atoms with Gasteiger partial charge in [-0.3, -0.25) is 4.79 Å². The SMILES string of the molecule is CCC(CC)OC1C(O)[C@H](O)C(CO)O[C@@H]1OC1C(O)[C@H](O)C(CO)O[C@@H]1OC1C(O)[C@H](O)C(CO)O[C@@H]1OC1C(O)[C@@H](OC2C(O)[C@@H](C(C)(CC)OCCOCCNC(=O)CNCCN)OC(CO)[C@@H]2O)OC(CO)[C@@H]1O. The fourth-order valence-electron chi connectivity index (χ4n) is 9.78. The van der Waals surface area contributed by atoms with Crippen molar-refractivity contribution in [3.8, 4) is 0 Å². The third kappa shape index (κ3) is 16.1. The predicted molar refractivity (Wildman–Crippen MR) is 258 cm³/mol. The molecule has 26 atom stereocenters. The maximum atomic E-state index is 11.9. The summed E-state index contributed by atoms with van der Waals surface area (Å²) < 4.78 is 71.4. The summed E-state index contributed by atoms with van der Waals surface area (Å²) in [7, 11) is 0. The topological polar surface area (TPSA) is 481 Å². The molecular weight excluding hydrogens is 1050 g/mol. The first-order chi connectivity index (χ1) is 37.2. The van der Waals surface area contributed by atoms with Gasteiger partial charge in [-0.1, -0.05) is 20.8 Å². The molecule has 0 spiro atoms. The number of amides is 1. The summed E-state index contributed by atoms with van der Waals surface area (Å²) in [5.74, 6) is -0.253. The first-order valence-corrected chi connectivity index (χ1v) is 26.5. The molecule has 458 valence electrons. The molecule has 5 saturated heterocycles. The van der Waals surface area contributed by atoms with Crippen LogP contribution in [0.25, 0.3) is 0 Å². The molecule has 1 amide bonds. The lowest BCUT2D eigenvalue weighted by atomic mass is 9.84. The monoisotopic (exact) mass is 1140 g/mol. The van der Waals surface area contributed by atoms with Gasteiger partial charge in [0.05, 0.1) is 71.1 Å². The Morgan fingerprint density at radius 3 is 1.41 bits per heavy atom. The van der Waals surface area contributed by atoms with E-state index < -0.39 is 198 Å². The highest BCUT2D eigenvalue weighted by molar-refractivity contribution is 5.77. The van der Waals surface area contributed by atoms with Crippen molar-refractivity contribution in [1.29, 1.82) is 0 Å². The van der Waals surface area contributed by atoms with Crippen molar-refractivity contribution >= 4 is 5.91 Å². The molecule has 0 bridgehead atoms. The number of nitrogens with one attached hydrogen (secondary N) is 2. The van der Waals surface area contributed by atoms with Crippen molar-refractivity contribution in [2.45, 2.75) is 212 Å². The van der Waals surface area contributed by atoms with Crippen LogP contribution in [0.15, 0.2) is 0 Å². The van der Waals surface area contributed by atoms with E-state index in [-0.39, 0.29) is 45.2 Å². The second-order valence-corrected chi connectivity index (χ2v) is 20.0. The highest BCUT2D eigenvalue weighted by Crippen LogP contribution is 2.39. The Morgan fingerprint density at radius 1 is 0.513 bits per heavy atom. The van der Waals surface area contributed by atoms with E-state index in [0.717, 1.165) is 0 Å². The summed E-state index contributed by atoms with van der Waals surface area (Å²) in [5.41, 5.74) is 4.05. The third-order valence-electron chi connectivity index (χ3n) is 14.7. The van der Waals surface area contributed by atoms with E-state index in [9.17, 15) is 81.4 Å². The van der Waals surface area contributed by atoms with Gasteiger partial charge in [0.15, 0.2) is 25.2 Å². The van der Waals surface area contributed by atoms with Gasteiger partial charge >= 0.3 is 0 Å². The molecule has 16 unspecified atom stereocenters. The molecule has 0 radical (unpaired) electrons. The van der Waals surface area contributed by atoms with Crippen LogP contribution in [-0.2, 0) is 61.6 Å². The summed E-state index contributed by atoms with van der Waals surface area (Å²) >= 11 is 0. The summed E-state index contributed by atoms with van der Waals surface area (Å²) in [6.45, 7) is 3.59. The Balaban J connectivity index is 1.37. The number of nitrogens with two attached hydrogens (primary N) is 1. The largest absolute Gasteiger partial charge is 0.394 e. The van der Waals surface area contributed by atoms with Crippen LogP contribution in [0.5, 0.6) is 0 Å². The third-order valence-corrected chi connectivity index (χ3v) is 14.7. The van der Waals surface area contributed by atoms with Gasteiger partial charge in [0.25, 0.3) is 0 Å². The van der Waals surface area contributed by atoms with Crippen molar-refractivity contribution in [1.82, 2.24) is 10.6 Å². The van der Waals surface area contributed by atoms with Crippen LogP contribution in [-0.4, -0.2) is 327 Å². The molecule has 19 N–H and O–H groups in total. The smallest absolute Gasteiger partial charge is 0.234 e. The molecule has 5 aliphatic rings. The average Bonchev–Trinajstić information content (AvgIpc) is 3.45. The quantitative estimate of drug-likeness (QED) is 0.0297. The van der Waals surface area contributed by atoms with Crippen molar-refractivity contribution in [3.05, 3.63) is 0 Å². The van der Waals surface area contributed by atoms with Crippen molar-refractivity contribution < 1.29 is 138 Å². The fourth-order valence-corrected chi connectivity index (χ4v) is 9.78. The van der Waals surface area contributed by atoms with Crippen molar-refractivity contribution in [3.63, 3.8) is 0 Å². The number of hydrogen-bond donors (Lipinski definition) is 18. The van der Waals surface area contributed by atoms with E-state index in [2.05, 4.69) is 10.6 Å². The van der Waals surface area contributed by atoms with Gasteiger partial charge in [0.1, 0.15) is 128 Å². The molecule has 5 aliphatic heterocycles.